The maximum atomic E-state index is 12.0. The molecule has 0 fully saturated rings. The average Bonchev–Trinajstić information content (AvgIpc) is 2.38. The maximum Gasteiger partial charge on any atom is 0.236 e. The van der Waals surface area contributed by atoms with Crippen molar-refractivity contribution in [1.82, 2.24) is 9.80 Å². The highest BCUT2D eigenvalue weighted by molar-refractivity contribution is 5.78. The molecule has 0 radical (unpaired) electrons. The summed E-state index contributed by atoms with van der Waals surface area (Å²) in [6.07, 6.45) is 0.534. The molecule has 6 heteroatoms. The number of hydrogen-bond donors (Lipinski definition) is 1. The smallest absolute Gasteiger partial charge is 0.236 e. The number of amides is 1. The number of likely N-dealkylation sites (N-methyl/N-ethyl adjacent to an activating group) is 1. The first-order valence-electron chi connectivity index (χ1n) is 6.04. The number of aliphatic hydroxyl groups is 1. The second kappa shape index (κ2) is 10.5. The number of hydrogen-bond acceptors (Lipinski definition) is 5. The lowest BCUT2D eigenvalue weighted by Crippen LogP contribution is -2.42. The van der Waals surface area contributed by atoms with E-state index in [1.54, 1.807) is 0 Å². The summed E-state index contributed by atoms with van der Waals surface area (Å²) >= 11 is 0. The van der Waals surface area contributed by atoms with E-state index in [0.717, 1.165) is 0 Å². The van der Waals surface area contributed by atoms with Gasteiger partial charge in [0.15, 0.2) is 0 Å². The monoisotopic (exact) mass is 252 g/mol. The Labute approximate surface area is 108 Å². The summed E-state index contributed by atoms with van der Waals surface area (Å²) in [5.74, 6) is -0.101. The summed E-state index contributed by atoms with van der Waals surface area (Å²) in [6.45, 7) is 3.98. The fraction of sp³-hybridized carbons (Fsp3) is 0.750. The molecule has 0 aliphatic rings. The van der Waals surface area contributed by atoms with Crippen molar-refractivity contribution in [1.29, 1.82) is 10.5 Å². The molecule has 6 nitrogen and oxygen atoms in total. The molecule has 0 heterocycles. The number of aliphatic hydroxyl groups excluding tert-OH is 1. The van der Waals surface area contributed by atoms with Crippen molar-refractivity contribution < 1.29 is 9.90 Å². The topological polar surface area (TPSA) is 91.4 Å². The Balaban J connectivity index is 4.34. The molecule has 0 aromatic heterocycles. The Morgan fingerprint density at radius 1 is 1.17 bits per heavy atom. The molecule has 0 spiro atoms. The summed E-state index contributed by atoms with van der Waals surface area (Å²) in [5, 5.41) is 25.9. The molecule has 0 unspecified atom stereocenters. The van der Waals surface area contributed by atoms with E-state index in [1.807, 2.05) is 24.0 Å². The second-order valence-corrected chi connectivity index (χ2v) is 3.79. The molecule has 100 valence electrons. The summed E-state index contributed by atoms with van der Waals surface area (Å²) in [6, 6.07) is 3.98. The van der Waals surface area contributed by atoms with Gasteiger partial charge in [-0.05, 0) is 6.54 Å². The van der Waals surface area contributed by atoms with Crippen LogP contribution in [-0.2, 0) is 4.79 Å². The van der Waals surface area contributed by atoms with Gasteiger partial charge in [-0.3, -0.25) is 9.69 Å². The van der Waals surface area contributed by atoms with E-state index in [2.05, 4.69) is 0 Å². The molecule has 0 aliphatic heterocycles. The molecule has 0 aliphatic carbocycles. The van der Waals surface area contributed by atoms with Gasteiger partial charge in [0.05, 0.1) is 38.1 Å². The van der Waals surface area contributed by atoms with E-state index < -0.39 is 0 Å². The van der Waals surface area contributed by atoms with Gasteiger partial charge >= 0.3 is 0 Å². The molecule has 18 heavy (non-hydrogen) atoms. The Bertz CT molecular complexity index is 301. The first-order chi connectivity index (χ1) is 8.69. The lowest BCUT2D eigenvalue weighted by Gasteiger charge is -2.25. The van der Waals surface area contributed by atoms with Crippen molar-refractivity contribution >= 4 is 5.91 Å². The minimum atomic E-state index is -0.101. The number of rotatable bonds is 9. The van der Waals surface area contributed by atoms with Crippen LogP contribution in [0.25, 0.3) is 0 Å². The van der Waals surface area contributed by atoms with Gasteiger partial charge in [-0.1, -0.05) is 6.92 Å². The van der Waals surface area contributed by atoms with Crippen LogP contribution in [0.1, 0.15) is 19.8 Å². The highest BCUT2D eigenvalue weighted by atomic mass is 16.3. The Morgan fingerprint density at radius 3 is 2.11 bits per heavy atom. The second-order valence-electron chi connectivity index (χ2n) is 3.79. The van der Waals surface area contributed by atoms with E-state index in [1.165, 1.54) is 4.90 Å². The normalized spacial score (nSPS) is 9.83. The minimum absolute atomic E-state index is 0.0114. The van der Waals surface area contributed by atoms with Crippen molar-refractivity contribution in [2.45, 2.75) is 19.8 Å². The van der Waals surface area contributed by atoms with Crippen LogP contribution < -0.4 is 0 Å². The van der Waals surface area contributed by atoms with E-state index in [9.17, 15) is 4.79 Å². The standard InChI is InChI=1S/C12H20N4O2/c1-2-15(9-10-17)11-12(18)16(7-3-5-13)8-4-6-14/h17H,2-4,7-11H2,1H3. The quantitative estimate of drug-likeness (QED) is 0.621. The lowest BCUT2D eigenvalue weighted by molar-refractivity contribution is -0.132. The lowest BCUT2D eigenvalue weighted by atomic mass is 10.3. The number of carbonyl (C=O) groups excluding carboxylic acids is 1. The van der Waals surface area contributed by atoms with Crippen LogP contribution in [0.2, 0.25) is 0 Å². The molecule has 0 aromatic rings. The fourth-order valence-corrected chi connectivity index (χ4v) is 1.51. The van der Waals surface area contributed by atoms with Crippen molar-refractivity contribution in [2.75, 3.05) is 39.3 Å². The number of nitriles is 2. The highest BCUT2D eigenvalue weighted by Crippen LogP contribution is 1.98. The van der Waals surface area contributed by atoms with Crippen LogP contribution in [0.4, 0.5) is 0 Å². The number of carbonyl (C=O) groups is 1. The van der Waals surface area contributed by atoms with Gasteiger partial charge in [0.25, 0.3) is 0 Å². The van der Waals surface area contributed by atoms with Crippen molar-refractivity contribution in [3.8, 4) is 12.1 Å². The van der Waals surface area contributed by atoms with E-state index in [-0.39, 0.29) is 31.9 Å². The third-order valence-electron chi connectivity index (χ3n) is 2.56. The SMILES string of the molecule is CCN(CCO)CC(=O)N(CCC#N)CCC#N. The molecule has 0 atom stereocenters. The van der Waals surface area contributed by atoms with Crippen LogP contribution in [0.15, 0.2) is 0 Å². The largest absolute Gasteiger partial charge is 0.395 e. The zero-order chi connectivity index (χ0) is 13.8. The summed E-state index contributed by atoms with van der Waals surface area (Å²) < 4.78 is 0. The van der Waals surface area contributed by atoms with Crippen LogP contribution in [0.5, 0.6) is 0 Å². The predicted molar refractivity (Wildman–Crippen MR) is 66.2 cm³/mol. The summed E-state index contributed by atoms with van der Waals surface area (Å²) in [4.78, 5) is 15.3. The van der Waals surface area contributed by atoms with Crippen LogP contribution in [0, 0.1) is 22.7 Å². The molecule has 0 saturated heterocycles. The maximum absolute atomic E-state index is 12.0. The molecule has 1 amide bonds. The Morgan fingerprint density at radius 2 is 1.72 bits per heavy atom. The highest BCUT2D eigenvalue weighted by Gasteiger charge is 2.15. The molecular weight excluding hydrogens is 232 g/mol. The van der Waals surface area contributed by atoms with Crippen LogP contribution in [-0.4, -0.2) is 60.1 Å². The van der Waals surface area contributed by atoms with Gasteiger partial charge in [0, 0.05) is 19.6 Å². The average molecular weight is 252 g/mol. The molecule has 0 aromatic carbocycles. The zero-order valence-electron chi connectivity index (χ0n) is 10.8. The zero-order valence-corrected chi connectivity index (χ0v) is 10.8. The van der Waals surface area contributed by atoms with E-state index >= 15 is 0 Å². The van der Waals surface area contributed by atoms with Gasteiger partial charge in [-0.15, -0.1) is 0 Å². The third kappa shape index (κ3) is 6.85. The van der Waals surface area contributed by atoms with Gasteiger partial charge in [-0.2, -0.15) is 10.5 Å². The van der Waals surface area contributed by atoms with E-state index in [4.69, 9.17) is 15.6 Å². The van der Waals surface area contributed by atoms with Crippen LogP contribution >= 0.6 is 0 Å². The first kappa shape index (κ1) is 16.4. The van der Waals surface area contributed by atoms with Gasteiger partial charge in [0.1, 0.15) is 0 Å². The molecule has 0 rings (SSSR count). The molecule has 0 saturated carbocycles. The summed E-state index contributed by atoms with van der Waals surface area (Å²) in [5.41, 5.74) is 0. The molecular formula is C12H20N4O2. The fourth-order valence-electron chi connectivity index (χ4n) is 1.51. The first-order valence-corrected chi connectivity index (χ1v) is 6.04. The van der Waals surface area contributed by atoms with Gasteiger partial charge in [-0.25, -0.2) is 0 Å². The third-order valence-corrected chi connectivity index (χ3v) is 2.56. The predicted octanol–water partition coefficient (Wildman–Crippen LogP) is -0.0434. The van der Waals surface area contributed by atoms with E-state index in [0.29, 0.717) is 26.2 Å². The van der Waals surface area contributed by atoms with Crippen molar-refractivity contribution in [2.24, 2.45) is 0 Å². The minimum Gasteiger partial charge on any atom is -0.395 e. The van der Waals surface area contributed by atoms with Crippen LogP contribution in [0.3, 0.4) is 0 Å². The Hall–Kier alpha value is -1.63. The van der Waals surface area contributed by atoms with Crippen molar-refractivity contribution in [3.05, 3.63) is 0 Å². The number of nitrogens with zero attached hydrogens (tertiary/aromatic N) is 4. The molecule has 1 N–H and O–H groups in total. The summed E-state index contributed by atoms with van der Waals surface area (Å²) in [7, 11) is 0. The molecule has 0 bridgehead atoms. The van der Waals surface area contributed by atoms with Gasteiger partial charge in [0.2, 0.25) is 5.91 Å². The van der Waals surface area contributed by atoms with Crippen molar-refractivity contribution in [3.63, 3.8) is 0 Å². The van der Waals surface area contributed by atoms with Gasteiger partial charge < -0.3 is 10.0 Å². The Kier molecular flexibility index (Phi) is 9.57.